The number of non-ortho nitro benzene ring substituents is 1. The van der Waals surface area contributed by atoms with Crippen LogP contribution in [0.15, 0.2) is 90.1 Å². The Morgan fingerprint density at radius 2 is 1.76 bits per heavy atom. The summed E-state index contributed by atoms with van der Waals surface area (Å²) in [6.07, 6.45) is 6.55. The number of allylic oxidation sites excluding steroid dienone is 1. The molecule has 0 aromatic heterocycles. The van der Waals surface area contributed by atoms with Gasteiger partial charge >= 0.3 is 12.2 Å². The van der Waals surface area contributed by atoms with E-state index in [0.29, 0.717) is 78.5 Å². The molecule has 17 nitrogen and oxygen atoms in total. The van der Waals surface area contributed by atoms with Gasteiger partial charge in [-0.2, -0.15) is 0 Å². The molecule has 18 heteroatoms. The van der Waals surface area contributed by atoms with E-state index in [1.165, 1.54) is 12.1 Å². The second kappa shape index (κ2) is 22.5. The number of nitrogens with one attached hydrogen (secondary N) is 1. The normalized spacial score (nSPS) is 22.8. The van der Waals surface area contributed by atoms with Crippen molar-refractivity contribution >= 4 is 35.2 Å². The summed E-state index contributed by atoms with van der Waals surface area (Å²) in [5, 5.41) is 38.8. The van der Waals surface area contributed by atoms with Gasteiger partial charge in [0.1, 0.15) is 30.8 Å². The van der Waals surface area contributed by atoms with E-state index in [0.717, 1.165) is 17.6 Å². The Kier molecular flexibility index (Phi) is 16.4. The number of amides is 2. The molecule has 3 aromatic rings. The predicted molar refractivity (Wildman–Crippen MR) is 243 cm³/mol. The lowest BCUT2D eigenvalue weighted by molar-refractivity contribution is -0.384. The summed E-state index contributed by atoms with van der Waals surface area (Å²) in [6.45, 7) is 6.19. The van der Waals surface area contributed by atoms with E-state index >= 15 is 0 Å². The summed E-state index contributed by atoms with van der Waals surface area (Å²) in [4.78, 5) is 46.1. The molecule has 6 atom stereocenters. The topological polar surface area (TPSA) is 210 Å². The van der Waals surface area contributed by atoms with Crippen LogP contribution in [-0.2, 0) is 27.5 Å². The minimum atomic E-state index is -1.63. The molecule has 0 bridgehead atoms. The summed E-state index contributed by atoms with van der Waals surface area (Å²) in [7, 11) is 0. The minimum Gasteiger partial charge on any atom is -0.459 e. The van der Waals surface area contributed by atoms with Crippen LogP contribution >= 0.6 is 11.6 Å². The molecule has 1 saturated carbocycles. The number of hydrogen-bond acceptors (Lipinski definition) is 14. The average Bonchev–Trinajstić information content (AvgIpc) is 3.79. The van der Waals surface area contributed by atoms with Gasteiger partial charge in [-0.15, -0.1) is 18.2 Å². The third-order valence-electron chi connectivity index (χ3n) is 12.4. The monoisotopic (exact) mass is 932 g/mol. The molecule has 7 rings (SSSR count). The fourth-order valence-electron chi connectivity index (χ4n) is 9.64. The second-order valence-electron chi connectivity index (χ2n) is 16.5. The highest BCUT2D eigenvalue weighted by atomic mass is 35.5. The van der Waals surface area contributed by atoms with Gasteiger partial charge in [-0.05, 0) is 104 Å². The van der Waals surface area contributed by atoms with Crippen molar-refractivity contribution in [2.75, 3.05) is 45.6 Å². The number of halogens is 1. The van der Waals surface area contributed by atoms with Crippen LogP contribution in [0, 0.1) is 27.9 Å². The largest absolute Gasteiger partial charge is 0.459 e. The maximum Gasteiger partial charge on any atom is 0.412 e. The maximum absolute atomic E-state index is 14.7. The first-order valence-corrected chi connectivity index (χ1v) is 22.9. The highest BCUT2D eigenvalue weighted by Crippen LogP contribution is 2.62. The van der Waals surface area contributed by atoms with Crippen molar-refractivity contribution in [3.8, 4) is 23.0 Å². The second-order valence-corrected chi connectivity index (χ2v) is 16.9. The van der Waals surface area contributed by atoms with Gasteiger partial charge in [-0.25, -0.2) is 9.59 Å². The molecule has 6 unspecified atom stereocenters. The first-order chi connectivity index (χ1) is 32.1. The fraction of sp³-hybridized carbons (Fsp3) is 0.479. The summed E-state index contributed by atoms with van der Waals surface area (Å²) in [5.74, 6) is -1.00. The number of aliphatic hydroxyl groups is 2. The van der Waals surface area contributed by atoms with Crippen molar-refractivity contribution in [2.45, 2.75) is 82.8 Å². The van der Waals surface area contributed by atoms with Crippen molar-refractivity contribution in [1.29, 1.82) is 0 Å². The van der Waals surface area contributed by atoms with Gasteiger partial charge < -0.3 is 48.8 Å². The Hall–Kier alpha value is -5.88. The molecule has 0 radical (unpaired) electrons. The minimum absolute atomic E-state index is 0.00817. The highest BCUT2D eigenvalue weighted by molar-refractivity contribution is 6.18. The quantitative estimate of drug-likeness (QED) is 0.0286. The Bertz CT molecular complexity index is 2260. The summed E-state index contributed by atoms with van der Waals surface area (Å²) < 4.78 is 37.3. The highest BCUT2D eigenvalue weighted by Gasteiger charge is 2.65. The standard InChI is InChI=1S/C48H57ClN4O13/c1-3-22-63-48-43(52(47(57)60-23-19-49)28-32-13-17-41-42(24-32)62-30-61-41)27-39(51-64-29-31-11-14-34(15-12-31)53(58)59)37-25-33(9-5-7-20-54)36(10-6-8-21-55)44(45(37)48)38-26-35(16-18-40(38)66-48)65-46(56)50-4-2/h3,11-18,24-26,33,36,43-45,54-55H,1,4-10,19-23,27-30H2,2H3,(H,50,56). The van der Waals surface area contributed by atoms with E-state index in [2.05, 4.69) is 18.0 Å². The van der Waals surface area contributed by atoms with Crippen LogP contribution < -0.4 is 24.3 Å². The lowest BCUT2D eigenvalue weighted by Gasteiger charge is -2.59. The van der Waals surface area contributed by atoms with Crippen molar-refractivity contribution in [1.82, 2.24) is 10.2 Å². The fourth-order valence-corrected chi connectivity index (χ4v) is 9.72. The van der Waals surface area contributed by atoms with Gasteiger partial charge in [-0.3, -0.25) is 15.0 Å². The molecule has 2 aliphatic heterocycles. The Labute approximate surface area is 388 Å². The van der Waals surface area contributed by atoms with E-state index < -0.39 is 40.8 Å². The van der Waals surface area contributed by atoms with Gasteiger partial charge in [0.05, 0.1) is 29.0 Å². The number of nitro groups is 1. The summed E-state index contributed by atoms with van der Waals surface area (Å²) in [6, 6.07) is 15.7. The lowest BCUT2D eigenvalue weighted by atomic mass is 9.55. The number of ether oxygens (including phenoxy) is 6. The maximum atomic E-state index is 14.7. The summed E-state index contributed by atoms with van der Waals surface area (Å²) in [5.41, 5.74) is 3.32. The van der Waals surface area contributed by atoms with Crippen LogP contribution in [0.3, 0.4) is 0 Å². The van der Waals surface area contributed by atoms with Crippen LogP contribution in [0.25, 0.3) is 0 Å². The molecule has 3 N–H and O–H groups in total. The lowest BCUT2D eigenvalue weighted by Crippen LogP contribution is -2.70. The number of aliphatic hydroxyl groups excluding tert-OH is 2. The molecular weight excluding hydrogens is 876 g/mol. The molecule has 2 aliphatic carbocycles. The zero-order chi connectivity index (χ0) is 46.6. The summed E-state index contributed by atoms with van der Waals surface area (Å²) >= 11 is 6.10. The van der Waals surface area contributed by atoms with Crippen LogP contribution in [0.1, 0.15) is 74.5 Å². The van der Waals surface area contributed by atoms with Gasteiger partial charge in [0.25, 0.3) is 5.69 Å². The number of oxime groups is 1. The molecule has 3 aromatic carbocycles. The van der Waals surface area contributed by atoms with Crippen molar-refractivity contribution in [3.63, 3.8) is 0 Å². The predicted octanol–water partition coefficient (Wildman–Crippen LogP) is 8.14. The van der Waals surface area contributed by atoms with Gasteiger partial charge in [0, 0.05) is 56.3 Å². The van der Waals surface area contributed by atoms with Crippen LogP contribution in [-0.4, -0.2) is 95.4 Å². The number of unbranched alkanes of at least 4 members (excludes halogenated alkanes) is 2. The van der Waals surface area contributed by atoms with Gasteiger partial charge in [-0.1, -0.05) is 36.2 Å². The SMILES string of the molecule is C=CCOC12Oc3ccc(OC(=O)NCC)cc3C3C(CCCCO)C(CCCCO)C=C(C(=NOCc4ccc([N+](=O)[O-])cc4)CC1N(Cc1ccc4c(c1)OCO4)C(=O)OCCCl)C32. The molecular formula is C48H57ClN4O13. The number of nitro benzene ring substituents is 1. The zero-order valence-electron chi connectivity index (χ0n) is 36.9. The van der Waals surface area contributed by atoms with E-state index in [9.17, 15) is 29.9 Å². The third kappa shape index (κ3) is 10.7. The van der Waals surface area contributed by atoms with E-state index in [1.807, 2.05) is 18.2 Å². The molecule has 2 amide bonds. The van der Waals surface area contributed by atoms with Crippen LogP contribution in [0.4, 0.5) is 15.3 Å². The third-order valence-corrected chi connectivity index (χ3v) is 12.6. The van der Waals surface area contributed by atoms with Crippen molar-refractivity contribution in [2.24, 2.45) is 22.9 Å². The molecule has 354 valence electrons. The van der Waals surface area contributed by atoms with Crippen LogP contribution in [0.5, 0.6) is 23.0 Å². The number of benzene rings is 3. The first-order valence-electron chi connectivity index (χ1n) is 22.4. The molecule has 4 aliphatic rings. The Balaban J connectivity index is 1.44. The number of alkyl halides is 1. The van der Waals surface area contributed by atoms with E-state index in [4.69, 9.17) is 50.0 Å². The van der Waals surface area contributed by atoms with Gasteiger partial charge in [0.2, 0.25) is 12.6 Å². The molecule has 0 saturated heterocycles. The zero-order valence-corrected chi connectivity index (χ0v) is 37.7. The van der Waals surface area contributed by atoms with Crippen LogP contribution in [0.2, 0.25) is 0 Å². The molecule has 0 spiro atoms. The van der Waals surface area contributed by atoms with Crippen molar-refractivity contribution in [3.05, 3.63) is 112 Å². The number of fused-ring (bicyclic) bond motifs is 3. The average molecular weight is 933 g/mol. The number of hydrogen-bond donors (Lipinski definition) is 3. The molecule has 2 heterocycles. The van der Waals surface area contributed by atoms with Crippen molar-refractivity contribution < 1.29 is 58.0 Å². The van der Waals surface area contributed by atoms with E-state index in [1.54, 1.807) is 48.2 Å². The first kappa shape index (κ1) is 48.1. The van der Waals surface area contributed by atoms with E-state index in [-0.39, 0.29) is 76.2 Å². The molecule has 66 heavy (non-hydrogen) atoms. The number of nitrogens with zero attached hydrogens (tertiary/aromatic N) is 3. The molecule has 1 fully saturated rings. The van der Waals surface area contributed by atoms with Gasteiger partial charge in [0.15, 0.2) is 11.5 Å². The number of rotatable bonds is 22. The number of carbonyl (C=O) groups excluding carboxylic acids is 2. The Morgan fingerprint density at radius 1 is 1.02 bits per heavy atom. The Morgan fingerprint density at radius 3 is 2.48 bits per heavy atom. The number of carbonyl (C=O) groups is 2. The smallest absolute Gasteiger partial charge is 0.412 e.